The predicted molar refractivity (Wildman–Crippen MR) is 415 cm³/mol. The fraction of sp³-hybridized carbons (Fsp3) is 0.507. The average Bonchev–Trinajstić information content (AvgIpc) is 1.06. The molecule has 0 aliphatic carbocycles. The van der Waals surface area contributed by atoms with Crippen molar-refractivity contribution in [3.8, 4) is 11.5 Å². The molecule has 2 saturated heterocycles. The molecular weight excluding hydrogens is 1370 g/mol. The summed E-state index contributed by atoms with van der Waals surface area (Å²) < 4.78 is 88.6. The number of nitrogens with two attached hydrogens (primary N) is 2. The monoisotopic (exact) mass is 1470 g/mol. The molecule has 0 bridgehead atoms. The van der Waals surface area contributed by atoms with Crippen LogP contribution in [0, 0.1) is 47.5 Å². The lowest BCUT2D eigenvalue weighted by molar-refractivity contribution is 0.299. The summed E-state index contributed by atoms with van der Waals surface area (Å²) in [6.45, 7) is 22.1. The summed E-state index contributed by atoms with van der Waals surface area (Å²) in [5, 5.41) is 16.0. The number of aromatic nitrogens is 8. The van der Waals surface area contributed by atoms with Crippen LogP contribution in [0.15, 0.2) is 78.9 Å². The first-order valence-electron chi connectivity index (χ1n) is 33.7. The maximum Gasteiger partial charge on any atom is 0.208 e. The Hall–Kier alpha value is -6.75. The smallest absolute Gasteiger partial charge is 0.208 e. The fourth-order valence-corrected chi connectivity index (χ4v) is 14.6. The molecule has 8 N–H and O–H groups in total. The Kier molecular flexibility index (Phi) is 30.6. The minimum atomic E-state index is -3.12. The zero-order valence-electron chi connectivity index (χ0n) is 60.0. The van der Waals surface area contributed by atoms with Crippen molar-refractivity contribution < 1.29 is 34.7 Å². The van der Waals surface area contributed by atoms with Gasteiger partial charge < -0.3 is 29.1 Å². The molecule has 0 saturated carbocycles. The number of rotatable bonds is 27. The highest BCUT2D eigenvalue weighted by molar-refractivity contribution is 7.99. The van der Waals surface area contributed by atoms with E-state index >= 15 is 0 Å². The van der Waals surface area contributed by atoms with Gasteiger partial charge in [-0.1, -0.05) is 12.8 Å². The predicted octanol–water partition coefficient (Wildman–Crippen LogP) is 7.66. The number of fused-ring (bicyclic) bond motifs is 4. The molecule has 2 aliphatic heterocycles. The summed E-state index contributed by atoms with van der Waals surface area (Å²) in [4.78, 5) is 44.6. The van der Waals surface area contributed by atoms with E-state index in [1.807, 2.05) is 19.2 Å². The normalized spacial score (nSPS) is 15.9. The minimum Gasteiger partial charge on any atom is -0.493 e. The Labute approximate surface area is 597 Å². The van der Waals surface area contributed by atoms with Gasteiger partial charge in [0.25, 0.3) is 0 Å². The Morgan fingerprint density at radius 3 is 1.56 bits per heavy atom. The van der Waals surface area contributed by atoms with E-state index in [1.165, 1.54) is 52.2 Å². The lowest BCUT2D eigenvalue weighted by Crippen LogP contribution is -2.39. The van der Waals surface area contributed by atoms with Gasteiger partial charge in [0, 0.05) is 107 Å². The van der Waals surface area contributed by atoms with Crippen molar-refractivity contribution >= 4 is 124 Å². The number of anilines is 3. The molecule has 100 heavy (non-hydrogen) atoms. The second-order valence-corrected chi connectivity index (χ2v) is 34.0. The van der Waals surface area contributed by atoms with Crippen LogP contribution in [0.1, 0.15) is 97.6 Å². The number of sulfonamides is 2. The van der Waals surface area contributed by atoms with E-state index in [1.54, 1.807) is 45.0 Å². The molecule has 4 aromatic heterocycles. The average molecular weight is 1470 g/mol. The van der Waals surface area contributed by atoms with Gasteiger partial charge in [-0.3, -0.25) is 0 Å². The van der Waals surface area contributed by atoms with Gasteiger partial charge in [0.2, 0.25) is 20.0 Å². The molecule has 3 unspecified atom stereocenters. The second-order valence-electron chi connectivity index (χ2n) is 25.7. The minimum absolute atomic E-state index is 0.372. The molecule has 2 fully saturated rings. The number of unbranched alkanes of at least 4 members (excludes halogenated alkanes) is 4. The highest BCUT2D eigenvalue weighted by Crippen LogP contribution is 2.35. The molecule has 3 atom stereocenters. The maximum absolute atomic E-state index is 11.4. The first-order valence-corrected chi connectivity index (χ1v) is 42.0. The third kappa shape index (κ3) is 25.9. The van der Waals surface area contributed by atoms with Crippen LogP contribution >= 0.6 is 11.8 Å². The van der Waals surface area contributed by atoms with Crippen molar-refractivity contribution in [3.05, 3.63) is 107 Å². The lowest BCUT2D eigenvalue weighted by Gasteiger charge is -2.24. The SMILES string of the molecule is C=S(N)(=O)NCCCCCSc1ncnc2cc(C)c(C)cc12.C=S(N)(=O)NCCN1CCCN(c2ncnc3cc(C)c(C)cc23)CC1.COc1cc2ncnc(N(C)CCCCCNS(C)(=O)=O)c2cc1OC.Cc1cc2ncnc(N3CCCC(CNS(C)(=O)=O)CC3)c2cc1C. The number of methoxy groups -OCH3 is 2. The highest BCUT2D eigenvalue weighted by atomic mass is 32.2. The van der Waals surface area contributed by atoms with Crippen LogP contribution in [0.2, 0.25) is 0 Å². The molecule has 0 radical (unpaired) electrons. The van der Waals surface area contributed by atoms with Crippen LogP contribution in [0.3, 0.4) is 0 Å². The van der Waals surface area contributed by atoms with Crippen LogP contribution in [0.25, 0.3) is 43.6 Å². The third-order valence-electron chi connectivity index (χ3n) is 17.5. The Balaban J connectivity index is 0.000000187. The van der Waals surface area contributed by atoms with E-state index in [9.17, 15) is 25.3 Å². The number of aryl methyl sites for hydroxylation is 6. The van der Waals surface area contributed by atoms with Crippen LogP contribution in [0.5, 0.6) is 11.5 Å². The number of benzene rings is 4. The molecule has 10 rings (SSSR count). The first kappa shape index (κ1) is 80.6. The largest absolute Gasteiger partial charge is 0.493 e. The molecule has 0 spiro atoms. The first-order chi connectivity index (χ1) is 47.4. The van der Waals surface area contributed by atoms with Crippen LogP contribution in [-0.2, 0) is 39.8 Å². The molecule has 6 heterocycles. The van der Waals surface area contributed by atoms with Gasteiger partial charge in [-0.2, -0.15) is 0 Å². The number of hydrogen-bond donors (Lipinski definition) is 6. The van der Waals surface area contributed by atoms with Gasteiger partial charge in [0.05, 0.1) is 68.6 Å². The van der Waals surface area contributed by atoms with E-state index in [-0.39, 0.29) is 0 Å². The van der Waals surface area contributed by atoms with E-state index in [4.69, 9.17) is 19.8 Å². The molecule has 26 nitrogen and oxygen atoms in total. The molecule has 8 aromatic rings. The van der Waals surface area contributed by atoms with Crippen molar-refractivity contribution in [1.29, 1.82) is 0 Å². The quantitative estimate of drug-likeness (QED) is 0.0124. The van der Waals surface area contributed by atoms with Gasteiger partial charge in [-0.05, 0) is 199 Å². The zero-order chi connectivity index (χ0) is 72.8. The van der Waals surface area contributed by atoms with E-state index in [0.29, 0.717) is 43.6 Å². The summed E-state index contributed by atoms with van der Waals surface area (Å²) >= 11 is 1.76. The lowest BCUT2D eigenvalue weighted by atomic mass is 10.0. The van der Waals surface area contributed by atoms with Gasteiger partial charge in [-0.25, -0.2) is 94.3 Å². The summed E-state index contributed by atoms with van der Waals surface area (Å²) in [6.07, 6.45) is 18.7. The number of nitrogens with zero attached hydrogens (tertiary/aromatic N) is 12. The highest BCUT2D eigenvalue weighted by Gasteiger charge is 2.23. The molecule has 2 aliphatic rings. The summed E-state index contributed by atoms with van der Waals surface area (Å²) in [5.41, 5.74) is 11.3. The van der Waals surface area contributed by atoms with Gasteiger partial charge in [0.1, 0.15) is 47.8 Å². The maximum atomic E-state index is 11.4. The Morgan fingerprint density at radius 1 is 0.510 bits per heavy atom. The van der Waals surface area contributed by atoms with Crippen molar-refractivity contribution in [2.24, 2.45) is 16.2 Å². The number of nitrogens with one attached hydrogen (secondary N) is 4. The summed E-state index contributed by atoms with van der Waals surface area (Å²) in [6, 6.07) is 16.6. The van der Waals surface area contributed by atoms with Crippen molar-refractivity contribution in [2.45, 2.75) is 111 Å². The fourth-order valence-electron chi connectivity index (χ4n) is 11.7. The van der Waals surface area contributed by atoms with Crippen molar-refractivity contribution in [2.75, 3.05) is 133 Å². The van der Waals surface area contributed by atoms with Gasteiger partial charge in [-0.15, -0.1) is 11.8 Å². The molecule has 31 heteroatoms. The van der Waals surface area contributed by atoms with Crippen molar-refractivity contribution in [3.63, 3.8) is 0 Å². The number of thioether (sulfide) groups is 1. The van der Waals surface area contributed by atoms with Crippen LogP contribution in [0.4, 0.5) is 17.5 Å². The second kappa shape index (κ2) is 38.0. The zero-order valence-corrected chi connectivity index (χ0v) is 64.1. The number of ether oxygens (including phenoxy) is 2. The molecule has 0 amide bonds. The van der Waals surface area contributed by atoms with Crippen LogP contribution in [-0.4, -0.2) is 200 Å². The van der Waals surface area contributed by atoms with Gasteiger partial charge in [0.15, 0.2) is 11.5 Å². The van der Waals surface area contributed by atoms with Crippen LogP contribution < -0.4 is 53.3 Å². The van der Waals surface area contributed by atoms with E-state index < -0.39 is 39.8 Å². The van der Waals surface area contributed by atoms with Gasteiger partial charge >= 0.3 is 0 Å². The van der Waals surface area contributed by atoms with E-state index in [0.717, 1.165) is 188 Å². The Morgan fingerprint density at radius 2 is 0.990 bits per heavy atom. The standard InChI is InChI=1S/C18H28N6OS.C18H26N4O2S.C17H26N4O4S.C16H24N4OS2/c1-14-11-16-17(12-15(14)2)20-13-21-18(16)24-7-4-6-23(9-10-24)8-5-22-26(3,19)25;1-13-9-16-17(10-14(13)2)19-12-20-18(16)22-7-4-5-15(6-8-22)11-21-25(3,23)24;1-21(9-7-5-6-8-20-26(4,22)23)17-13-10-15(24-2)16(25-3)11-14(13)18-12-19-17;1-12-9-14-15(10-13(12)2)18-11-19-16(14)22-8-6-4-5-7-20-23(3,17)21/h11-13H,3-10H2,1-2H3,(H3,19,22,25);9-10,12,15,21H,4-8,11H2,1-3H3;10-12,20H,5-9H2,1-4H3;9-11H,3-8H2,1-2H3,(H3,17,20,21). The Bertz CT molecular complexity index is 4500. The summed E-state index contributed by atoms with van der Waals surface area (Å²) in [7, 11) is -6.25. The molecule has 548 valence electrons. The van der Waals surface area contributed by atoms with Crippen molar-refractivity contribution in [1.82, 2.24) is 63.7 Å². The topological polar surface area (TPSA) is 337 Å². The summed E-state index contributed by atoms with van der Waals surface area (Å²) in [5.74, 6) is 12.2. The molecular formula is C69H104N18O8S5. The van der Waals surface area contributed by atoms with E-state index in [2.05, 4.69) is 168 Å². The third-order valence-corrected chi connectivity index (χ3v) is 21.4. The number of hydrogen-bond acceptors (Lipinski definition) is 21. The molecule has 4 aromatic carbocycles.